The Labute approximate surface area is 111 Å². The molecule has 0 aromatic carbocycles. The zero-order chi connectivity index (χ0) is 14.1. The molecule has 0 aliphatic rings. The van der Waals surface area contributed by atoms with Crippen LogP contribution in [-0.4, -0.2) is 38.4 Å². The Hall–Kier alpha value is -2.12. The zero-order valence-electron chi connectivity index (χ0n) is 10.9. The first-order valence-corrected chi connectivity index (χ1v) is 6.20. The predicted molar refractivity (Wildman–Crippen MR) is 68.7 cm³/mol. The van der Waals surface area contributed by atoms with E-state index >= 15 is 0 Å². The summed E-state index contributed by atoms with van der Waals surface area (Å²) >= 11 is 0. The number of carbonyl (C=O) groups excluding carboxylic acids is 1. The van der Waals surface area contributed by atoms with E-state index < -0.39 is 5.97 Å². The summed E-state index contributed by atoms with van der Waals surface area (Å²) in [5, 5.41) is 17.6. The summed E-state index contributed by atoms with van der Waals surface area (Å²) in [6.45, 7) is 0.552. The van der Waals surface area contributed by atoms with Crippen molar-refractivity contribution in [1.29, 1.82) is 0 Å². The van der Waals surface area contributed by atoms with E-state index in [4.69, 9.17) is 5.11 Å². The van der Waals surface area contributed by atoms with E-state index in [-0.39, 0.29) is 12.5 Å². The number of carboxylic acids is 1. The first-order valence-electron chi connectivity index (χ1n) is 6.20. The van der Waals surface area contributed by atoms with Gasteiger partial charge >= 0.3 is 12.0 Å². The number of rotatable bonds is 8. The van der Waals surface area contributed by atoms with Gasteiger partial charge in [-0.3, -0.25) is 10.1 Å². The smallest absolute Gasteiger partial charge is 0.321 e. The molecule has 0 bridgehead atoms. The molecule has 0 fully saturated rings. The van der Waals surface area contributed by atoms with Crippen LogP contribution in [0.2, 0.25) is 0 Å². The summed E-state index contributed by atoms with van der Waals surface area (Å²) in [7, 11) is 1.69. The summed E-state index contributed by atoms with van der Waals surface area (Å²) in [6.07, 6.45) is 4.83. The maximum absolute atomic E-state index is 11.5. The number of unbranched alkanes of at least 4 members (excludes halogenated alkanes) is 3. The second-order valence-corrected chi connectivity index (χ2v) is 4.15. The molecule has 1 heterocycles. The highest BCUT2D eigenvalue weighted by Crippen LogP contribution is 2.02. The fraction of sp³-hybridized carbons (Fsp3) is 0.636. The van der Waals surface area contributed by atoms with Crippen LogP contribution in [-0.2, 0) is 11.8 Å². The van der Waals surface area contributed by atoms with Crippen LogP contribution in [0.3, 0.4) is 0 Å². The van der Waals surface area contributed by atoms with Gasteiger partial charge in [-0.1, -0.05) is 12.8 Å². The van der Waals surface area contributed by atoms with Gasteiger partial charge < -0.3 is 10.4 Å². The van der Waals surface area contributed by atoms with Crippen LogP contribution in [0.1, 0.15) is 32.1 Å². The number of hydrogen-bond acceptors (Lipinski definition) is 4. The second-order valence-electron chi connectivity index (χ2n) is 4.15. The molecule has 2 amide bonds. The van der Waals surface area contributed by atoms with Gasteiger partial charge in [0.15, 0.2) is 0 Å². The number of anilines is 1. The number of aliphatic carboxylic acids is 1. The highest BCUT2D eigenvalue weighted by atomic mass is 16.4. The minimum Gasteiger partial charge on any atom is -0.481 e. The lowest BCUT2D eigenvalue weighted by Crippen LogP contribution is -2.30. The fourth-order valence-corrected chi connectivity index (χ4v) is 1.51. The maximum atomic E-state index is 11.5. The van der Waals surface area contributed by atoms with Crippen LogP contribution in [0.4, 0.5) is 10.7 Å². The molecule has 0 aliphatic heterocycles. The third-order valence-corrected chi connectivity index (χ3v) is 2.54. The molecule has 1 aromatic rings. The van der Waals surface area contributed by atoms with Gasteiger partial charge in [-0.25, -0.2) is 9.48 Å². The summed E-state index contributed by atoms with van der Waals surface area (Å²) < 4.78 is 1.46. The van der Waals surface area contributed by atoms with Crippen molar-refractivity contribution in [3.05, 3.63) is 6.33 Å². The van der Waals surface area contributed by atoms with Crippen molar-refractivity contribution >= 4 is 17.9 Å². The number of aryl methyl sites for hydroxylation is 1. The SMILES string of the molecule is Cn1ncnc1NC(=O)NCCCCCCC(=O)O. The van der Waals surface area contributed by atoms with Gasteiger partial charge in [0.1, 0.15) is 6.33 Å². The van der Waals surface area contributed by atoms with Crippen LogP contribution in [0.5, 0.6) is 0 Å². The molecular formula is C11H19N5O3. The van der Waals surface area contributed by atoms with Crippen LogP contribution in [0.25, 0.3) is 0 Å². The Kier molecular flexibility index (Phi) is 6.34. The normalized spacial score (nSPS) is 10.2. The minimum atomic E-state index is -0.763. The second kappa shape index (κ2) is 8.06. The number of amides is 2. The molecule has 0 saturated carbocycles. The molecular weight excluding hydrogens is 250 g/mol. The van der Waals surface area contributed by atoms with Crippen LogP contribution >= 0.6 is 0 Å². The van der Waals surface area contributed by atoms with Gasteiger partial charge in [-0.2, -0.15) is 10.1 Å². The number of carboxylic acid groups (broad SMARTS) is 1. The Bertz CT molecular complexity index is 418. The standard InChI is InChI=1S/C11H19N5O3/c1-16-10(13-8-14-16)15-11(19)12-7-5-3-2-4-6-9(17)18/h8H,2-7H2,1H3,(H,17,18)(H2,12,13,14,15,19). The molecule has 106 valence electrons. The highest BCUT2D eigenvalue weighted by Gasteiger charge is 2.05. The van der Waals surface area contributed by atoms with E-state index in [9.17, 15) is 9.59 Å². The molecule has 0 aliphatic carbocycles. The fourth-order valence-electron chi connectivity index (χ4n) is 1.51. The number of aromatic nitrogens is 3. The number of nitrogens with zero attached hydrogens (tertiary/aromatic N) is 3. The van der Waals surface area contributed by atoms with Crippen molar-refractivity contribution in [3.8, 4) is 0 Å². The number of nitrogens with one attached hydrogen (secondary N) is 2. The van der Waals surface area contributed by atoms with Crippen molar-refractivity contribution in [1.82, 2.24) is 20.1 Å². The Morgan fingerprint density at radius 2 is 2.05 bits per heavy atom. The molecule has 3 N–H and O–H groups in total. The van der Waals surface area contributed by atoms with E-state index in [0.29, 0.717) is 18.9 Å². The maximum Gasteiger partial charge on any atom is 0.321 e. The van der Waals surface area contributed by atoms with Crippen molar-refractivity contribution in [2.24, 2.45) is 7.05 Å². The number of hydrogen-bond donors (Lipinski definition) is 3. The molecule has 8 nitrogen and oxygen atoms in total. The van der Waals surface area contributed by atoms with E-state index in [1.54, 1.807) is 7.05 Å². The van der Waals surface area contributed by atoms with Crippen LogP contribution < -0.4 is 10.6 Å². The summed E-state index contributed by atoms with van der Waals surface area (Å²) in [4.78, 5) is 25.6. The van der Waals surface area contributed by atoms with Crippen molar-refractivity contribution < 1.29 is 14.7 Å². The highest BCUT2D eigenvalue weighted by molar-refractivity contribution is 5.87. The lowest BCUT2D eigenvalue weighted by molar-refractivity contribution is -0.137. The molecule has 19 heavy (non-hydrogen) atoms. The zero-order valence-corrected chi connectivity index (χ0v) is 10.9. The minimum absolute atomic E-state index is 0.208. The van der Waals surface area contributed by atoms with Crippen molar-refractivity contribution in [3.63, 3.8) is 0 Å². The summed E-state index contributed by atoms with van der Waals surface area (Å²) in [5.41, 5.74) is 0. The number of urea groups is 1. The van der Waals surface area contributed by atoms with Gasteiger partial charge in [0.05, 0.1) is 0 Å². The Balaban J connectivity index is 2.02. The average Bonchev–Trinajstić information content (AvgIpc) is 2.73. The monoisotopic (exact) mass is 269 g/mol. The third-order valence-electron chi connectivity index (χ3n) is 2.54. The molecule has 0 atom stereocenters. The predicted octanol–water partition coefficient (Wildman–Crippen LogP) is 0.972. The van der Waals surface area contributed by atoms with E-state index in [1.165, 1.54) is 11.0 Å². The molecule has 8 heteroatoms. The van der Waals surface area contributed by atoms with Gasteiger partial charge in [-0.05, 0) is 12.8 Å². The molecule has 1 rings (SSSR count). The van der Waals surface area contributed by atoms with Crippen molar-refractivity contribution in [2.75, 3.05) is 11.9 Å². The van der Waals surface area contributed by atoms with Gasteiger partial charge in [-0.15, -0.1) is 0 Å². The van der Waals surface area contributed by atoms with Crippen LogP contribution in [0.15, 0.2) is 6.33 Å². The van der Waals surface area contributed by atoms with Crippen molar-refractivity contribution in [2.45, 2.75) is 32.1 Å². The topological polar surface area (TPSA) is 109 Å². The van der Waals surface area contributed by atoms with Gasteiger partial charge in [0.25, 0.3) is 0 Å². The number of carbonyl (C=O) groups is 2. The largest absolute Gasteiger partial charge is 0.481 e. The first kappa shape index (κ1) is 14.9. The van der Waals surface area contributed by atoms with Crippen LogP contribution in [0, 0.1) is 0 Å². The van der Waals surface area contributed by atoms with E-state index in [0.717, 1.165) is 19.3 Å². The summed E-state index contributed by atoms with van der Waals surface area (Å²) in [6, 6.07) is -0.318. The Morgan fingerprint density at radius 3 is 2.68 bits per heavy atom. The molecule has 0 unspecified atom stereocenters. The van der Waals surface area contributed by atoms with Gasteiger partial charge in [0, 0.05) is 20.0 Å². The van der Waals surface area contributed by atoms with Gasteiger partial charge in [0.2, 0.25) is 5.95 Å². The molecule has 0 spiro atoms. The summed E-state index contributed by atoms with van der Waals surface area (Å²) in [5.74, 6) is -0.375. The third kappa shape index (κ3) is 6.39. The molecule has 0 saturated heterocycles. The van der Waals surface area contributed by atoms with E-state index in [1.807, 2.05) is 0 Å². The lowest BCUT2D eigenvalue weighted by Gasteiger charge is -2.06. The average molecular weight is 269 g/mol. The lowest BCUT2D eigenvalue weighted by atomic mass is 10.1. The van der Waals surface area contributed by atoms with E-state index in [2.05, 4.69) is 20.7 Å². The first-order chi connectivity index (χ1) is 9.09. The molecule has 1 aromatic heterocycles. The molecule has 0 radical (unpaired) electrons. The quantitative estimate of drug-likeness (QED) is 0.609. The Morgan fingerprint density at radius 1 is 1.32 bits per heavy atom.